The molecule has 8 rings (SSSR count). The molecule has 11 heteroatoms. The zero-order chi connectivity index (χ0) is 55.7. The van der Waals surface area contributed by atoms with Crippen molar-refractivity contribution in [1.29, 1.82) is 0 Å². The molecule has 8 aromatic rings. The molecule has 0 heterocycles. The first-order valence-electron chi connectivity index (χ1n) is 28.0. The lowest BCUT2D eigenvalue weighted by molar-refractivity contribution is -0.137. The molecule has 0 aromatic heterocycles. The summed E-state index contributed by atoms with van der Waals surface area (Å²) in [6.07, 6.45) is 11.5. The molecule has 11 nitrogen and oxygen atoms in total. The summed E-state index contributed by atoms with van der Waals surface area (Å²) in [7, 11) is 1.99. The molecule has 0 atom stereocenters. The maximum absolute atomic E-state index is 13.1. The average Bonchev–Trinajstić information content (AvgIpc) is 3.49. The molecule has 0 bridgehead atoms. The number of esters is 3. The molecular formula is C69H71N3O8. The van der Waals surface area contributed by atoms with Crippen molar-refractivity contribution in [2.45, 2.75) is 103 Å². The van der Waals surface area contributed by atoms with Crippen LogP contribution in [0.1, 0.15) is 103 Å². The number of benzene rings is 8. The maximum Gasteiger partial charge on any atom is 0.311 e. The fraction of sp³-hybridized carbons (Fsp3) is 0.246. The van der Waals surface area contributed by atoms with Crippen molar-refractivity contribution in [3.63, 3.8) is 0 Å². The molecule has 1 N–H and O–H groups in total. The number of carboxylic acids is 1. The van der Waals surface area contributed by atoms with Gasteiger partial charge in [-0.1, -0.05) is 148 Å². The molecule has 0 saturated carbocycles. The third-order valence-corrected chi connectivity index (χ3v) is 13.8. The molecule has 0 amide bonds. The van der Waals surface area contributed by atoms with Crippen LogP contribution in [0.4, 0.5) is 45.5 Å². The molecule has 0 saturated heterocycles. The lowest BCUT2D eigenvalue weighted by atomic mass is 10.0. The summed E-state index contributed by atoms with van der Waals surface area (Å²) < 4.78 is 17.4. The number of unbranched alkanes of at least 4 members (excludes halogenated alkanes) is 10. The Kier molecular flexibility index (Phi) is 21.6. The first kappa shape index (κ1) is 57.2. The van der Waals surface area contributed by atoms with Gasteiger partial charge in [0.1, 0.15) is 17.2 Å². The highest BCUT2D eigenvalue weighted by Gasteiger charge is 2.18. The van der Waals surface area contributed by atoms with E-state index in [9.17, 15) is 19.2 Å². The van der Waals surface area contributed by atoms with Gasteiger partial charge in [0, 0.05) is 96.4 Å². The van der Waals surface area contributed by atoms with Gasteiger partial charge in [-0.05, 0) is 134 Å². The van der Waals surface area contributed by atoms with Gasteiger partial charge in [0.25, 0.3) is 0 Å². The summed E-state index contributed by atoms with van der Waals surface area (Å²) in [4.78, 5) is 55.7. The monoisotopic (exact) mass is 1070 g/mol. The van der Waals surface area contributed by atoms with Crippen molar-refractivity contribution in [3.05, 3.63) is 212 Å². The molecule has 0 aliphatic rings. The first-order chi connectivity index (χ1) is 39.2. The molecule has 0 fully saturated rings. The highest BCUT2D eigenvalue weighted by Crippen LogP contribution is 2.40. The topological polar surface area (TPSA) is 126 Å². The van der Waals surface area contributed by atoms with E-state index < -0.39 is 5.97 Å². The van der Waals surface area contributed by atoms with Crippen LogP contribution in [0.2, 0.25) is 0 Å². The molecule has 0 radical (unpaired) electrons. The van der Waals surface area contributed by atoms with Crippen molar-refractivity contribution in [2.24, 2.45) is 0 Å². The normalized spacial score (nSPS) is 10.9. The van der Waals surface area contributed by atoms with E-state index >= 15 is 0 Å². The number of carboxylic acid groups (broad SMARTS) is 1. The SMILES string of the molecule is CN(c1ccccc1)c1cccc(OC(=O)CCCCCCCCC(=O)Oc2cccc(N(c3ccccc3)c3ccc(-c4ccc(N(c5ccccc5)c5cccc(OC(=O)CCCCCCCCC(=O)O)c5)cc4)cc3)c2)c1. The van der Waals surface area contributed by atoms with Crippen molar-refractivity contribution >= 4 is 69.4 Å². The van der Waals surface area contributed by atoms with Gasteiger partial charge in [-0.2, -0.15) is 0 Å². The number of hydrogen-bond acceptors (Lipinski definition) is 10. The van der Waals surface area contributed by atoms with Crippen LogP contribution in [-0.4, -0.2) is 36.0 Å². The van der Waals surface area contributed by atoms with Gasteiger partial charge in [0.05, 0.1) is 0 Å². The smallest absolute Gasteiger partial charge is 0.311 e. The van der Waals surface area contributed by atoms with Gasteiger partial charge >= 0.3 is 23.9 Å². The number of para-hydroxylation sites is 3. The third-order valence-electron chi connectivity index (χ3n) is 13.8. The van der Waals surface area contributed by atoms with E-state index in [2.05, 4.69) is 87.5 Å². The number of rotatable bonds is 30. The fourth-order valence-electron chi connectivity index (χ4n) is 9.63. The lowest BCUT2D eigenvalue weighted by Crippen LogP contribution is -2.11. The van der Waals surface area contributed by atoms with Crippen LogP contribution in [0.15, 0.2) is 212 Å². The van der Waals surface area contributed by atoms with Gasteiger partial charge in [-0.25, -0.2) is 0 Å². The van der Waals surface area contributed by atoms with E-state index in [1.807, 2.05) is 134 Å². The summed E-state index contributed by atoms with van der Waals surface area (Å²) in [6, 6.07) is 69.9. The zero-order valence-electron chi connectivity index (χ0n) is 45.7. The summed E-state index contributed by atoms with van der Waals surface area (Å²) in [5.74, 6) is -0.0414. The third kappa shape index (κ3) is 17.5. The predicted octanol–water partition coefficient (Wildman–Crippen LogP) is 17.8. The van der Waals surface area contributed by atoms with Crippen LogP contribution in [0.5, 0.6) is 17.2 Å². The second-order valence-electron chi connectivity index (χ2n) is 19.9. The molecule has 0 aliphatic carbocycles. The summed E-state index contributed by atoms with van der Waals surface area (Å²) in [5.41, 5.74) is 9.57. The lowest BCUT2D eigenvalue weighted by Gasteiger charge is -2.26. The number of aliphatic carboxylic acids is 1. The standard InChI is InChI=1S/C69H71N3O8/c1-70(55-26-13-10-14-27-55)60-32-23-35-63(50-60)78-67(75)39-21-8-4-5-9-22-41-69(77)80-65-37-25-34-62(52-65)72(57-30-17-12-18-31-57)59-48-44-54(45-49-59)53-42-46-58(47-43-53)71(56-28-15-11-16-29-56)61-33-24-36-64(51-61)79-68(76)40-20-7-3-2-6-19-38-66(73)74/h10-18,23-37,42-52H,2-9,19-22,38-41H2,1H3,(H,73,74). The number of ether oxygens (including phenoxy) is 3. The van der Waals surface area contributed by atoms with Gasteiger partial charge in [0.15, 0.2) is 0 Å². The molecule has 410 valence electrons. The zero-order valence-corrected chi connectivity index (χ0v) is 45.7. The van der Waals surface area contributed by atoms with Crippen LogP contribution in [-0.2, 0) is 19.2 Å². The Morgan fingerprint density at radius 3 is 0.963 bits per heavy atom. The molecule has 0 unspecified atom stereocenters. The number of anilines is 8. The van der Waals surface area contributed by atoms with Crippen molar-refractivity contribution in [1.82, 2.24) is 0 Å². The van der Waals surface area contributed by atoms with Gasteiger partial charge < -0.3 is 34.0 Å². The minimum atomic E-state index is -0.759. The van der Waals surface area contributed by atoms with Crippen LogP contribution < -0.4 is 28.9 Å². The Morgan fingerprint density at radius 1 is 0.312 bits per heavy atom. The summed E-state index contributed by atoms with van der Waals surface area (Å²) >= 11 is 0. The fourth-order valence-corrected chi connectivity index (χ4v) is 9.63. The van der Waals surface area contributed by atoms with Crippen LogP contribution in [0.25, 0.3) is 11.1 Å². The molecule has 0 spiro atoms. The largest absolute Gasteiger partial charge is 0.481 e. The van der Waals surface area contributed by atoms with Gasteiger partial charge in [-0.15, -0.1) is 0 Å². The molecule has 8 aromatic carbocycles. The minimum Gasteiger partial charge on any atom is -0.481 e. The highest BCUT2D eigenvalue weighted by atomic mass is 16.5. The van der Waals surface area contributed by atoms with Crippen LogP contribution >= 0.6 is 0 Å². The molecule has 0 aliphatic heterocycles. The first-order valence-corrected chi connectivity index (χ1v) is 28.0. The van der Waals surface area contributed by atoms with Gasteiger partial charge in [0.2, 0.25) is 0 Å². The maximum atomic E-state index is 13.1. The van der Waals surface area contributed by atoms with Gasteiger partial charge in [-0.3, -0.25) is 19.2 Å². The van der Waals surface area contributed by atoms with Crippen molar-refractivity contribution in [2.75, 3.05) is 21.7 Å². The van der Waals surface area contributed by atoms with Crippen LogP contribution in [0, 0.1) is 0 Å². The number of nitrogens with zero attached hydrogens (tertiary/aromatic N) is 3. The van der Waals surface area contributed by atoms with E-state index in [0.717, 1.165) is 127 Å². The predicted molar refractivity (Wildman–Crippen MR) is 321 cm³/mol. The van der Waals surface area contributed by atoms with Crippen LogP contribution in [0.3, 0.4) is 0 Å². The summed E-state index contributed by atoms with van der Waals surface area (Å²) in [5, 5.41) is 8.84. The minimum absolute atomic E-state index is 0.202. The number of carbonyl (C=O) groups excluding carboxylic acids is 3. The molecular weight excluding hydrogens is 999 g/mol. The number of carbonyl (C=O) groups is 4. The second-order valence-corrected chi connectivity index (χ2v) is 19.9. The van der Waals surface area contributed by atoms with E-state index in [1.54, 1.807) is 12.1 Å². The Morgan fingerprint density at radius 2 is 0.600 bits per heavy atom. The Balaban J connectivity index is 0.818. The van der Waals surface area contributed by atoms with E-state index in [-0.39, 0.29) is 24.3 Å². The number of hydrogen-bond donors (Lipinski definition) is 1. The van der Waals surface area contributed by atoms with Crippen molar-refractivity contribution in [3.8, 4) is 28.4 Å². The summed E-state index contributed by atoms with van der Waals surface area (Å²) in [6.45, 7) is 0. The average molecular weight is 1070 g/mol. The Labute approximate surface area is 471 Å². The quantitative estimate of drug-likeness (QED) is 0.0263. The van der Waals surface area contributed by atoms with E-state index in [0.29, 0.717) is 42.9 Å². The van der Waals surface area contributed by atoms with E-state index in [1.165, 1.54) is 0 Å². The second kappa shape index (κ2) is 30.3. The Hall–Kier alpha value is -8.96. The molecule has 80 heavy (non-hydrogen) atoms. The Bertz CT molecular complexity index is 3210. The van der Waals surface area contributed by atoms with Crippen molar-refractivity contribution < 1.29 is 38.5 Å². The highest BCUT2D eigenvalue weighted by molar-refractivity contribution is 5.82. The van der Waals surface area contributed by atoms with E-state index in [4.69, 9.17) is 19.3 Å².